The molecule has 0 fully saturated rings. The molecule has 0 heterocycles. The van der Waals surface area contributed by atoms with Crippen molar-refractivity contribution in [1.29, 1.82) is 0 Å². The van der Waals surface area contributed by atoms with Crippen molar-refractivity contribution in [3.8, 4) is 0 Å². The molecule has 1 nitrogen and oxygen atoms in total. The van der Waals surface area contributed by atoms with Crippen LogP contribution in [0.25, 0.3) is 0 Å². The minimum absolute atomic E-state index is 0. The molecule has 0 aliphatic heterocycles. The van der Waals surface area contributed by atoms with Gasteiger partial charge in [-0.3, -0.25) is 0 Å². The Bertz CT molecular complexity index is 35.8. The zero-order chi connectivity index (χ0) is 4.12. The molecule has 0 saturated heterocycles. The van der Waals surface area contributed by atoms with Gasteiger partial charge in [0.2, 0.25) is 0 Å². The Hall–Kier alpha value is 2.28. The van der Waals surface area contributed by atoms with Crippen molar-refractivity contribution in [2.75, 3.05) is 0 Å². The van der Waals surface area contributed by atoms with Crippen LogP contribution in [-0.2, 0) is 0 Å². The summed E-state index contributed by atoms with van der Waals surface area (Å²) < 4.78 is 3.93. The molecule has 0 saturated carbocycles. The van der Waals surface area contributed by atoms with Gasteiger partial charge >= 0.3 is 57.5 Å². The zero-order valence-electron chi connectivity index (χ0n) is 2.40. The molecular formula is Br3NSe2. The summed E-state index contributed by atoms with van der Waals surface area (Å²) in [5.74, 6) is 0. The minimum atomic E-state index is 0. The molecule has 0 spiro atoms. The normalized spacial score (nSPS) is 8.33. The van der Waals surface area contributed by atoms with E-state index in [4.69, 9.17) is 0 Å². The Kier molecular flexibility index (Phi) is 19.1. The maximum Gasteiger partial charge on any atom is -1.00 e. The molecule has 0 aromatic rings. The van der Waals surface area contributed by atoms with E-state index in [1.807, 2.05) is 0 Å². The molecule has 6 heavy (non-hydrogen) atoms. The first kappa shape index (κ1) is 11.1. The number of halogens is 3. The number of rotatable bonds is 1. The standard InChI is InChI=1S/Br2NSe2.BrH/c1-4-3-5-2;/h;1H/q+1;/p-1. The van der Waals surface area contributed by atoms with Gasteiger partial charge in [0.1, 0.15) is 0 Å². The van der Waals surface area contributed by atoms with E-state index in [9.17, 15) is 0 Å². The predicted octanol–water partition coefficient (Wildman–Crippen LogP) is -1.88. The van der Waals surface area contributed by atoms with Gasteiger partial charge in [-0.05, 0) is 0 Å². The van der Waals surface area contributed by atoms with Crippen LogP contribution in [0.15, 0.2) is 2.98 Å². The molecule has 0 rings (SSSR count). The fraction of sp³-hybridized carbons (Fsp3) is 0. The van der Waals surface area contributed by atoms with E-state index in [1.54, 1.807) is 0 Å². The third kappa shape index (κ3) is 9.56. The fourth-order valence-corrected chi connectivity index (χ4v) is 7.76. The second-order valence-electron chi connectivity index (χ2n) is 0.213. The van der Waals surface area contributed by atoms with Crippen LogP contribution in [-0.4, -0.2) is 26.3 Å². The van der Waals surface area contributed by atoms with E-state index in [2.05, 4.69) is 31.2 Å². The summed E-state index contributed by atoms with van der Waals surface area (Å²) >= 11 is 7.07. The monoisotopic (exact) mass is 411 g/mol. The van der Waals surface area contributed by atoms with E-state index >= 15 is 0 Å². The van der Waals surface area contributed by atoms with Gasteiger partial charge in [0.25, 0.3) is 0 Å². The van der Waals surface area contributed by atoms with Gasteiger partial charge in [0.15, 0.2) is 0 Å². The Labute approximate surface area is 73.5 Å². The van der Waals surface area contributed by atoms with Crippen LogP contribution in [0.4, 0.5) is 0 Å². The maximum absolute atomic E-state index is 3.93. The fourth-order valence-electron chi connectivity index (χ4n) is 0.0106. The first-order valence-electron chi connectivity index (χ1n) is 0.674. The van der Waals surface area contributed by atoms with Gasteiger partial charge in [-0.25, -0.2) is 0 Å². The number of hydrogen-bond donors (Lipinski definition) is 0. The van der Waals surface area contributed by atoms with Crippen molar-refractivity contribution in [3.63, 3.8) is 0 Å². The molecule has 0 amide bonds. The molecule has 0 aliphatic carbocycles. The Morgan fingerprint density at radius 1 is 1.67 bits per heavy atom. The Morgan fingerprint density at radius 2 is 2.17 bits per heavy atom. The molecule has 0 atom stereocenters. The molecule has 0 bridgehead atoms. The minimum Gasteiger partial charge on any atom is -1.00 e. The maximum atomic E-state index is 3.93. The third-order valence-electron chi connectivity index (χ3n) is 0.0563. The van der Waals surface area contributed by atoms with Crippen molar-refractivity contribution in [2.24, 2.45) is 2.98 Å². The SMILES string of the molecule is Br[Se]N=[Se+]Br.[Br-]. The first-order chi connectivity index (χ1) is 2.41. The summed E-state index contributed by atoms with van der Waals surface area (Å²) in [5, 5.41) is 0. The van der Waals surface area contributed by atoms with Crippen molar-refractivity contribution in [3.05, 3.63) is 0 Å². The molecular weight excluding hydrogens is 412 g/mol. The van der Waals surface area contributed by atoms with Crippen molar-refractivity contribution < 1.29 is 17.0 Å². The molecule has 0 aromatic carbocycles. The van der Waals surface area contributed by atoms with Crippen LogP contribution >= 0.6 is 28.2 Å². The second-order valence-corrected chi connectivity index (χ2v) is 5.74. The van der Waals surface area contributed by atoms with Crippen LogP contribution in [0.5, 0.6) is 0 Å². The summed E-state index contributed by atoms with van der Waals surface area (Å²) in [6.45, 7) is 0. The second kappa shape index (κ2) is 10.3. The summed E-state index contributed by atoms with van der Waals surface area (Å²) in [6, 6.07) is 0. The van der Waals surface area contributed by atoms with Crippen molar-refractivity contribution in [2.45, 2.75) is 0 Å². The van der Waals surface area contributed by atoms with E-state index in [-0.39, 0.29) is 17.0 Å². The topological polar surface area (TPSA) is 12.4 Å². The summed E-state index contributed by atoms with van der Waals surface area (Å²) in [6.07, 6.45) is 0. The van der Waals surface area contributed by atoms with E-state index in [0.29, 0.717) is 26.3 Å². The van der Waals surface area contributed by atoms with Crippen molar-refractivity contribution >= 4 is 54.5 Å². The predicted molar refractivity (Wildman–Crippen MR) is 31.8 cm³/mol. The Morgan fingerprint density at radius 3 is 2.17 bits per heavy atom. The molecule has 0 N–H and O–H groups in total. The third-order valence-corrected chi connectivity index (χ3v) is 7.90. The molecule has 0 aliphatic rings. The van der Waals surface area contributed by atoms with Crippen LogP contribution in [0.2, 0.25) is 0 Å². The van der Waals surface area contributed by atoms with E-state index in [0.717, 1.165) is 0 Å². The summed E-state index contributed by atoms with van der Waals surface area (Å²) in [7, 11) is 0. The van der Waals surface area contributed by atoms with Gasteiger partial charge in [-0.2, -0.15) is 0 Å². The van der Waals surface area contributed by atoms with Crippen LogP contribution in [0.1, 0.15) is 0 Å². The molecule has 6 heteroatoms. The Balaban J connectivity index is 0. The van der Waals surface area contributed by atoms with Crippen molar-refractivity contribution in [1.82, 2.24) is 0 Å². The summed E-state index contributed by atoms with van der Waals surface area (Å²) in [5.41, 5.74) is 0. The molecule has 0 radical (unpaired) electrons. The molecule has 0 aromatic heterocycles. The van der Waals surface area contributed by atoms with Gasteiger partial charge in [-0.1, -0.05) is 0 Å². The quantitative estimate of drug-likeness (QED) is 0.448. The van der Waals surface area contributed by atoms with Crippen LogP contribution < -0.4 is 17.0 Å². The largest absolute Gasteiger partial charge is 1.00 e. The molecule has 0 unspecified atom stereocenters. The van der Waals surface area contributed by atoms with Crippen LogP contribution in [0, 0.1) is 0 Å². The zero-order valence-corrected chi connectivity index (χ0v) is 10.6. The van der Waals surface area contributed by atoms with E-state index in [1.165, 1.54) is 0 Å². The average Bonchev–Trinajstić information content (AvgIpc) is 1.41. The number of hydrogen-bond acceptors (Lipinski definition) is 1. The van der Waals surface area contributed by atoms with E-state index < -0.39 is 0 Å². The summed E-state index contributed by atoms with van der Waals surface area (Å²) in [4.78, 5) is 0. The smallest absolute Gasteiger partial charge is 1.00 e. The number of nitrogens with zero attached hydrogens (tertiary/aromatic N) is 1. The first-order valence-corrected chi connectivity index (χ1v) is 10.2. The van der Waals surface area contributed by atoms with Gasteiger partial charge in [-0.15, -0.1) is 0 Å². The van der Waals surface area contributed by atoms with Gasteiger partial charge < -0.3 is 17.0 Å². The van der Waals surface area contributed by atoms with Gasteiger partial charge in [0, 0.05) is 0 Å². The average molecular weight is 412 g/mol. The molecule has 38 valence electrons. The van der Waals surface area contributed by atoms with Gasteiger partial charge in [0.05, 0.1) is 0 Å². The van der Waals surface area contributed by atoms with Crippen LogP contribution in [0.3, 0.4) is 0 Å².